The predicted octanol–water partition coefficient (Wildman–Crippen LogP) is 3.07. The molecule has 0 spiro atoms. The summed E-state index contributed by atoms with van der Waals surface area (Å²) < 4.78 is 0.850. The SMILES string of the molecule is O=CNc1cccc(NCCc2ccccn2)c1Br. The first kappa shape index (κ1) is 13.5. The van der Waals surface area contributed by atoms with Gasteiger partial charge in [0.2, 0.25) is 6.41 Å². The van der Waals surface area contributed by atoms with Crippen LogP contribution < -0.4 is 10.6 Å². The van der Waals surface area contributed by atoms with E-state index in [1.54, 1.807) is 6.20 Å². The smallest absolute Gasteiger partial charge is 0.211 e. The summed E-state index contributed by atoms with van der Waals surface area (Å²) in [6.07, 6.45) is 3.30. The van der Waals surface area contributed by atoms with E-state index in [0.717, 1.165) is 34.5 Å². The van der Waals surface area contributed by atoms with Gasteiger partial charge in [-0.05, 0) is 40.2 Å². The van der Waals surface area contributed by atoms with Crippen LogP contribution in [0, 0.1) is 0 Å². The molecule has 1 aromatic heterocycles. The molecule has 0 aliphatic heterocycles. The van der Waals surface area contributed by atoms with Crippen molar-refractivity contribution in [2.75, 3.05) is 17.2 Å². The number of halogens is 1. The van der Waals surface area contributed by atoms with Crippen molar-refractivity contribution in [1.29, 1.82) is 0 Å². The zero-order valence-electron chi connectivity index (χ0n) is 10.3. The molecule has 2 N–H and O–H groups in total. The van der Waals surface area contributed by atoms with E-state index >= 15 is 0 Å². The number of pyridine rings is 1. The van der Waals surface area contributed by atoms with Gasteiger partial charge in [0.1, 0.15) is 0 Å². The number of rotatable bonds is 6. The third-order valence-electron chi connectivity index (χ3n) is 2.64. The van der Waals surface area contributed by atoms with E-state index in [9.17, 15) is 4.79 Å². The molecule has 1 amide bonds. The van der Waals surface area contributed by atoms with Crippen LogP contribution in [0.2, 0.25) is 0 Å². The van der Waals surface area contributed by atoms with Crippen molar-refractivity contribution >= 4 is 33.7 Å². The molecule has 19 heavy (non-hydrogen) atoms. The van der Waals surface area contributed by atoms with Gasteiger partial charge >= 0.3 is 0 Å². The summed E-state index contributed by atoms with van der Waals surface area (Å²) in [5.41, 5.74) is 2.74. The Morgan fingerprint density at radius 2 is 2.00 bits per heavy atom. The Bertz CT molecular complexity index is 546. The van der Waals surface area contributed by atoms with Crippen molar-refractivity contribution in [3.8, 4) is 0 Å². The van der Waals surface area contributed by atoms with Crippen LogP contribution in [0.25, 0.3) is 0 Å². The van der Waals surface area contributed by atoms with Crippen LogP contribution in [0.3, 0.4) is 0 Å². The minimum absolute atomic E-state index is 0.664. The Kier molecular flexibility index (Phi) is 4.92. The summed E-state index contributed by atoms with van der Waals surface area (Å²) in [4.78, 5) is 14.7. The van der Waals surface area contributed by atoms with Gasteiger partial charge in [0.15, 0.2) is 0 Å². The lowest BCUT2D eigenvalue weighted by molar-refractivity contribution is -0.105. The highest BCUT2D eigenvalue weighted by molar-refractivity contribution is 9.10. The molecule has 0 saturated carbocycles. The number of nitrogens with one attached hydrogen (secondary N) is 2. The number of carbonyl (C=O) groups is 1. The van der Waals surface area contributed by atoms with Crippen molar-refractivity contribution in [1.82, 2.24) is 4.98 Å². The topological polar surface area (TPSA) is 54.0 Å². The Hall–Kier alpha value is -1.88. The molecule has 5 heteroatoms. The average Bonchev–Trinajstić information content (AvgIpc) is 2.44. The molecule has 0 aliphatic carbocycles. The number of carbonyl (C=O) groups excluding carboxylic acids is 1. The number of benzene rings is 1. The standard InChI is InChI=1S/C14H14BrN3O/c15-14-12(5-3-6-13(14)18-10-19)17-9-7-11-4-1-2-8-16-11/h1-6,8,10,17H,7,9H2,(H,18,19). The molecule has 0 fully saturated rings. The molecular formula is C14H14BrN3O. The quantitative estimate of drug-likeness (QED) is 0.804. The van der Waals surface area contributed by atoms with Gasteiger partial charge in [-0.25, -0.2) is 0 Å². The molecule has 1 heterocycles. The second kappa shape index (κ2) is 6.89. The lowest BCUT2D eigenvalue weighted by atomic mass is 10.2. The maximum absolute atomic E-state index is 10.5. The van der Waals surface area contributed by atoms with Crippen molar-refractivity contribution < 1.29 is 4.79 Å². The normalized spacial score (nSPS) is 9.95. The zero-order chi connectivity index (χ0) is 13.5. The van der Waals surface area contributed by atoms with Gasteiger partial charge in [0.25, 0.3) is 0 Å². The molecule has 0 aliphatic rings. The van der Waals surface area contributed by atoms with Gasteiger partial charge in [0.05, 0.1) is 15.8 Å². The Balaban J connectivity index is 1.96. The first-order valence-electron chi connectivity index (χ1n) is 5.93. The molecule has 0 atom stereocenters. The van der Waals surface area contributed by atoms with Gasteiger partial charge in [0, 0.05) is 24.9 Å². The van der Waals surface area contributed by atoms with Gasteiger partial charge in [-0.2, -0.15) is 0 Å². The number of hydrogen-bond donors (Lipinski definition) is 2. The van der Waals surface area contributed by atoms with E-state index in [2.05, 4.69) is 31.5 Å². The number of hydrogen-bond acceptors (Lipinski definition) is 3. The lowest BCUT2D eigenvalue weighted by Gasteiger charge is -2.11. The largest absolute Gasteiger partial charge is 0.384 e. The maximum Gasteiger partial charge on any atom is 0.211 e. The molecule has 0 bridgehead atoms. The van der Waals surface area contributed by atoms with Crippen LogP contribution >= 0.6 is 15.9 Å². The minimum atomic E-state index is 0.664. The zero-order valence-corrected chi connectivity index (χ0v) is 11.9. The lowest BCUT2D eigenvalue weighted by Crippen LogP contribution is -2.07. The van der Waals surface area contributed by atoms with E-state index in [1.165, 1.54) is 0 Å². The highest BCUT2D eigenvalue weighted by Gasteiger charge is 2.04. The van der Waals surface area contributed by atoms with Crippen LogP contribution in [-0.2, 0) is 11.2 Å². The minimum Gasteiger partial charge on any atom is -0.384 e. The first-order chi connectivity index (χ1) is 9.31. The third kappa shape index (κ3) is 3.79. The van der Waals surface area contributed by atoms with Crippen molar-refractivity contribution in [3.05, 3.63) is 52.8 Å². The van der Waals surface area contributed by atoms with Crippen LogP contribution in [0.5, 0.6) is 0 Å². The molecule has 0 unspecified atom stereocenters. The average molecular weight is 320 g/mol. The molecule has 98 valence electrons. The fourth-order valence-corrected chi connectivity index (χ4v) is 2.23. The highest BCUT2D eigenvalue weighted by Crippen LogP contribution is 2.30. The van der Waals surface area contributed by atoms with Gasteiger partial charge in [-0.1, -0.05) is 12.1 Å². The van der Waals surface area contributed by atoms with Crippen molar-refractivity contribution in [2.45, 2.75) is 6.42 Å². The molecule has 0 radical (unpaired) electrons. The number of amides is 1. The summed E-state index contributed by atoms with van der Waals surface area (Å²) in [7, 11) is 0. The van der Waals surface area contributed by atoms with E-state index in [0.29, 0.717) is 6.41 Å². The molecule has 4 nitrogen and oxygen atoms in total. The van der Waals surface area contributed by atoms with Crippen molar-refractivity contribution in [3.63, 3.8) is 0 Å². The first-order valence-corrected chi connectivity index (χ1v) is 6.73. The van der Waals surface area contributed by atoms with Crippen LogP contribution in [-0.4, -0.2) is 17.9 Å². The Labute approximate surface area is 120 Å². The number of aromatic nitrogens is 1. The van der Waals surface area contributed by atoms with Crippen LogP contribution in [0.4, 0.5) is 11.4 Å². The van der Waals surface area contributed by atoms with E-state index in [1.807, 2.05) is 36.4 Å². The number of nitrogens with zero attached hydrogens (tertiary/aromatic N) is 1. The Morgan fingerprint density at radius 1 is 1.16 bits per heavy atom. The second-order valence-corrected chi connectivity index (χ2v) is 4.72. The summed E-state index contributed by atoms with van der Waals surface area (Å²) in [5.74, 6) is 0. The molecular weight excluding hydrogens is 306 g/mol. The fourth-order valence-electron chi connectivity index (χ4n) is 1.71. The Morgan fingerprint density at radius 3 is 2.74 bits per heavy atom. The van der Waals surface area contributed by atoms with Gasteiger partial charge in [-0.15, -0.1) is 0 Å². The summed E-state index contributed by atoms with van der Waals surface area (Å²) in [6.45, 7) is 0.778. The van der Waals surface area contributed by atoms with Gasteiger partial charge < -0.3 is 10.6 Å². The van der Waals surface area contributed by atoms with E-state index in [-0.39, 0.29) is 0 Å². The van der Waals surface area contributed by atoms with Crippen LogP contribution in [0.15, 0.2) is 47.1 Å². The fraction of sp³-hybridized carbons (Fsp3) is 0.143. The third-order valence-corrected chi connectivity index (χ3v) is 3.49. The summed E-state index contributed by atoms with van der Waals surface area (Å²) in [5, 5.41) is 5.96. The molecule has 0 saturated heterocycles. The highest BCUT2D eigenvalue weighted by atomic mass is 79.9. The predicted molar refractivity (Wildman–Crippen MR) is 80.3 cm³/mol. The monoisotopic (exact) mass is 319 g/mol. The van der Waals surface area contributed by atoms with Crippen LogP contribution in [0.1, 0.15) is 5.69 Å². The maximum atomic E-state index is 10.5. The molecule has 2 rings (SSSR count). The van der Waals surface area contributed by atoms with E-state index < -0.39 is 0 Å². The molecule has 2 aromatic rings. The number of anilines is 2. The van der Waals surface area contributed by atoms with Crippen molar-refractivity contribution in [2.24, 2.45) is 0 Å². The molecule has 1 aromatic carbocycles. The second-order valence-electron chi connectivity index (χ2n) is 3.93. The summed E-state index contributed by atoms with van der Waals surface area (Å²) in [6, 6.07) is 11.6. The van der Waals surface area contributed by atoms with Gasteiger partial charge in [-0.3, -0.25) is 9.78 Å². The van der Waals surface area contributed by atoms with E-state index in [4.69, 9.17) is 0 Å². The summed E-state index contributed by atoms with van der Waals surface area (Å²) >= 11 is 3.47.